The lowest BCUT2D eigenvalue weighted by Gasteiger charge is -2.21. The molecule has 1 aromatic heterocycles. The lowest BCUT2D eigenvalue weighted by atomic mass is 9.98. The Kier molecular flexibility index (Phi) is 15.3. The summed E-state index contributed by atoms with van der Waals surface area (Å²) in [6.45, 7) is 9.74. The Bertz CT molecular complexity index is 1620. The maximum absolute atomic E-state index is 14.2. The second-order valence-corrected chi connectivity index (χ2v) is 12.5. The van der Waals surface area contributed by atoms with Crippen LogP contribution in [0.4, 0.5) is 4.79 Å². The van der Waals surface area contributed by atoms with Gasteiger partial charge in [-0.1, -0.05) is 93.9 Å². The average Bonchev–Trinajstić information content (AvgIpc) is 3.14. The van der Waals surface area contributed by atoms with Crippen molar-refractivity contribution in [3.05, 3.63) is 102 Å². The van der Waals surface area contributed by atoms with Gasteiger partial charge in [0.25, 0.3) is 5.91 Å². The van der Waals surface area contributed by atoms with E-state index in [1.165, 1.54) is 0 Å². The maximum Gasteiger partial charge on any atom is 0.407 e. The highest BCUT2D eigenvalue weighted by Crippen LogP contribution is 2.27. The highest BCUT2D eigenvalue weighted by Gasteiger charge is 2.23. The first-order valence-electron chi connectivity index (χ1n) is 17.9. The molecule has 0 fully saturated rings. The summed E-state index contributed by atoms with van der Waals surface area (Å²) in [6, 6.07) is 26.8. The van der Waals surface area contributed by atoms with Crippen molar-refractivity contribution in [2.24, 2.45) is 0 Å². The van der Waals surface area contributed by atoms with E-state index < -0.39 is 12.1 Å². The summed E-state index contributed by atoms with van der Waals surface area (Å²) in [5.74, 6) is -0.247. The molecule has 0 aliphatic carbocycles. The zero-order valence-corrected chi connectivity index (χ0v) is 29.4. The van der Waals surface area contributed by atoms with Crippen molar-refractivity contribution in [1.29, 1.82) is 0 Å². The van der Waals surface area contributed by atoms with E-state index in [2.05, 4.69) is 48.4 Å². The predicted octanol–water partition coefficient (Wildman–Crippen LogP) is 8.13. The second-order valence-electron chi connectivity index (χ2n) is 12.5. The van der Waals surface area contributed by atoms with Crippen LogP contribution in [0.3, 0.4) is 0 Å². The van der Waals surface area contributed by atoms with Crippen LogP contribution in [-0.4, -0.2) is 59.9 Å². The minimum absolute atomic E-state index is 0.0287. The number of pyridine rings is 1. The second kappa shape index (κ2) is 20.1. The van der Waals surface area contributed by atoms with E-state index in [1.807, 2.05) is 72.8 Å². The molecule has 1 unspecified atom stereocenters. The third kappa shape index (κ3) is 11.8. The molecular weight excluding hydrogens is 612 g/mol. The van der Waals surface area contributed by atoms with E-state index in [1.54, 1.807) is 0 Å². The van der Waals surface area contributed by atoms with Crippen molar-refractivity contribution < 1.29 is 19.1 Å². The van der Waals surface area contributed by atoms with Crippen molar-refractivity contribution >= 4 is 28.7 Å². The molecule has 0 saturated heterocycles. The molecule has 0 spiro atoms. The molecule has 2 amide bonds. The molecule has 8 nitrogen and oxygen atoms in total. The third-order valence-electron chi connectivity index (χ3n) is 8.89. The number of amides is 2. The number of alkyl carbamates (subject to hydrolysis) is 1. The van der Waals surface area contributed by atoms with Gasteiger partial charge in [-0.3, -0.25) is 9.59 Å². The molecule has 4 aromatic rings. The van der Waals surface area contributed by atoms with E-state index in [0.717, 1.165) is 72.9 Å². The lowest BCUT2D eigenvalue weighted by molar-refractivity contribution is -0.121. The minimum atomic E-state index is -0.638. The fourth-order valence-electron chi connectivity index (χ4n) is 5.93. The van der Waals surface area contributed by atoms with Gasteiger partial charge in [0.15, 0.2) is 5.78 Å². The topological polar surface area (TPSA) is 101 Å². The fraction of sp³-hybridized carbons (Fsp3) is 0.415. The highest BCUT2D eigenvalue weighted by atomic mass is 16.5. The summed E-state index contributed by atoms with van der Waals surface area (Å²) in [4.78, 5) is 47.2. The number of hydrogen-bond acceptors (Lipinski definition) is 6. The number of rotatable bonds is 20. The van der Waals surface area contributed by atoms with Crippen LogP contribution in [0.25, 0.3) is 22.2 Å². The van der Waals surface area contributed by atoms with Crippen molar-refractivity contribution in [3.63, 3.8) is 0 Å². The first-order chi connectivity index (χ1) is 23.9. The molecule has 3 aromatic carbocycles. The number of nitrogens with zero attached hydrogens (tertiary/aromatic N) is 2. The molecule has 0 bridgehead atoms. The van der Waals surface area contributed by atoms with Gasteiger partial charge in [-0.05, 0) is 87.5 Å². The van der Waals surface area contributed by atoms with Crippen molar-refractivity contribution in [3.8, 4) is 11.3 Å². The van der Waals surface area contributed by atoms with Crippen LogP contribution >= 0.6 is 0 Å². The molecule has 0 radical (unpaired) electrons. The average molecular weight is 665 g/mol. The number of nitrogens with one attached hydrogen (secondary N) is 2. The summed E-state index contributed by atoms with van der Waals surface area (Å²) >= 11 is 0. The molecular formula is C41H52N4O4. The monoisotopic (exact) mass is 664 g/mol. The molecule has 1 heterocycles. The molecule has 0 aliphatic heterocycles. The Morgan fingerprint density at radius 2 is 1.55 bits per heavy atom. The first-order valence-corrected chi connectivity index (χ1v) is 17.9. The molecule has 49 heavy (non-hydrogen) atoms. The Labute approximate surface area is 291 Å². The van der Waals surface area contributed by atoms with Crippen molar-refractivity contribution in [1.82, 2.24) is 20.5 Å². The summed E-state index contributed by atoms with van der Waals surface area (Å²) < 4.78 is 5.31. The Morgan fingerprint density at radius 3 is 2.27 bits per heavy atom. The third-order valence-corrected chi connectivity index (χ3v) is 8.89. The number of benzene rings is 3. The maximum atomic E-state index is 14.2. The Morgan fingerprint density at radius 1 is 0.816 bits per heavy atom. The van der Waals surface area contributed by atoms with E-state index in [4.69, 9.17) is 9.72 Å². The molecule has 0 saturated carbocycles. The largest absolute Gasteiger partial charge is 0.445 e. The number of aromatic nitrogens is 1. The van der Waals surface area contributed by atoms with Crippen LogP contribution in [0.1, 0.15) is 87.2 Å². The van der Waals surface area contributed by atoms with Crippen molar-refractivity contribution in [2.45, 2.75) is 84.8 Å². The van der Waals surface area contributed by atoms with Gasteiger partial charge in [0.05, 0.1) is 22.8 Å². The van der Waals surface area contributed by atoms with Gasteiger partial charge in [0.2, 0.25) is 0 Å². The molecule has 0 aliphatic rings. The fourth-order valence-corrected chi connectivity index (χ4v) is 5.93. The lowest BCUT2D eigenvalue weighted by Crippen LogP contribution is -2.41. The number of aryl methyl sites for hydroxylation is 1. The van der Waals surface area contributed by atoms with Crippen LogP contribution < -0.4 is 10.6 Å². The predicted molar refractivity (Wildman–Crippen MR) is 198 cm³/mol. The van der Waals surface area contributed by atoms with E-state index in [-0.39, 0.29) is 18.3 Å². The van der Waals surface area contributed by atoms with Gasteiger partial charge in [-0.15, -0.1) is 0 Å². The quantitative estimate of drug-likeness (QED) is 0.0926. The summed E-state index contributed by atoms with van der Waals surface area (Å²) in [5.41, 5.74) is 4.99. The molecule has 1 atom stereocenters. The SMILES string of the molecule is CCCCc1ccc2nc(-c3ccccc3)cc(C(=O)NC(CCCCNC(=O)OCc3ccccc3)C(=O)CCCN(CC)CC)c2c1. The number of carbonyl (C=O) groups is 3. The van der Waals surface area contributed by atoms with Crippen molar-refractivity contribution in [2.75, 3.05) is 26.2 Å². The van der Waals surface area contributed by atoms with E-state index in [9.17, 15) is 14.4 Å². The smallest absolute Gasteiger partial charge is 0.407 e. The zero-order valence-electron chi connectivity index (χ0n) is 29.4. The number of fused-ring (bicyclic) bond motifs is 1. The molecule has 2 N–H and O–H groups in total. The van der Waals surface area contributed by atoms with E-state index >= 15 is 0 Å². The summed E-state index contributed by atoms with van der Waals surface area (Å²) in [7, 11) is 0. The van der Waals surface area contributed by atoms with Gasteiger partial charge in [0.1, 0.15) is 6.61 Å². The van der Waals surface area contributed by atoms with Crippen LogP contribution in [0.15, 0.2) is 84.9 Å². The number of unbranched alkanes of at least 4 members (excludes halogenated alkanes) is 2. The summed E-state index contributed by atoms with van der Waals surface area (Å²) in [6.07, 6.45) is 5.50. The standard InChI is InChI=1S/C41H52N4O4/c1-4-7-17-31-24-25-36-34(28-31)35(29-38(43-36)33-20-12-9-13-21-33)40(47)44-37(39(46)23-16-27-45(5-2)6-3)22-14-15-26-42-41(48)49-30-32-18-10-8-11-19-32/h8-13,18-21,24-25,28-29,37H,4-7,14-17,22-23,26-27,30H2,1-3H3,(H,42,48)(H,44,47). The number of hydrogen-bond donors (Lipinski definition) is 2. The van der Waals surface area contributed by atoms with Gasteiger partial charge < -0.3 is 20.3 Å². The normalized spacial score (nSPS) is 11.8. The molecule has 8 heteroatoms. The number of ketones is 1. The van der Waals surface area contributed by atoms with Gasteiger partial charge >= 0.3 is 6.09 Å². The van der Waals surface area contributed by atoms with Crippen LogP contribution in [-0.2, 0) is 22.6 Å². The number of carbonyl (C=O) groups excluding carboxylic acids is 3. The van der Waals surface area contributed by atoms with E-state index in [0.29, 0.717) is 43.5 Å². The minimum Gasteiger partial charge on any atom is -0.445 e. The first kappa shape index (κ1) is 37.3. The summed E-state index contributed by atoms with van der Waals surface area (Å²) in [5, 5.41) is 6.72. The van der Waals surface area contributed by atoms with Gasteiger partial charge in [0, 0.05) is 23.9 Å². The Hall–Kier alpha value is -4.56. The number of Topliss-reactive ketones (excluding diaryl/α,β-unsaturated/α-hetero) is 1. The van der Waals surface area contributed by atoms with Gasteiger partial charge in [-0.25, -0.2) is 9.78 Å². The molecule has 260 valence electrons. The Balaban J connectivity index is 1.47. The number of ether oxygens (including phenoxy) is 1. The van der Waals surface area contributed by atoms with Gasteiger partial charge in [-0.2, -0.15) is 0 Å². The van der Waals surface area contributed by atoms with Crippen LogP contribution in [0.5, 0.6) is 0 Å². The zero-order chi connectivity index (χ0) is 34.8. The molecule has 4 rings (SSSR count). The van der Waals surface area contributed by atoms with Crippen LogP contribution in [0.2, 0.25) is 0 Å². The highest BCUT2D eigenvalue weighted by molar-refractivity contribution is 6.08. The van der Waals surface area contributed by atoms with Crippen LogP contribution in [0, 0.1) is 0 Å².